The summed E-state index contributed by atoms with van der Waals surface area (Å²) < 4.78 is 5.05. The highest BCUT2D eigenvalue weighted by molar-refractivity contribution is 5.93. The summed E-state index contributed by atoms with van der Waals surface area (Å²) in [5.41, 5.74) is 1.53. The largest absolute Gasteiger partial charge is 0.450 e. The second-order valence-electron chi connectivity index (χ2n) is 6.82. The van der Waals surface area contributed by atoms with Crippen molar-refractivity contribution in [2.75, 3.05) is 44.2 Å². The van der Waals surface area contributed by atoms with E-state index in [0.29, 0.717) is 56.7 Å². The van der Waals surface area contributed by atoms with E-state index in [-0.39, 0.29) is 12.0 Å². The van der Waals surface area contributed by atoms with Crippen LogP contribution in [0.3, 0.4) is 0 Å². The number of aromatic nitrogens is 2. The SMILES string of the molecule is CCOC(=O)N1CCN(c2cc(C(=O)NCCc3ccccc3)nc(C)n2)CC1. The summed E-state index contributed by atoms with van der Waals surface area (Å²) in [5, 5.41) is 2.92. The van der Waals surface area contributed by atoms with Crippen LogP contribution >= 0.6 is 0 Å². The number of nitrogens with zero attached hydrogens (tertiary/aromatic N) is 4. The molecule has 2 aromatic rings. The van der Waals surface area contributed by atoms with Crippen molar-refractivity contribution < 1.29 is 14.3 Å². The third-order valence-corrected chi connectivity index (χ3v) is 4.73. The molecule has 0 radical (unpaired) electrons. The van der Waals surface area contributed by atoms with E-state index in [2.05, 4.69) is 20.2 Å². The number of benzene rings is 1. The molecule has 0 aliphatic carbocycles. The zero-order chi connectivity index (χ0) is 20.6. The highest BCUT2D eigenvalue weighted by Crippen LogP contribution is 2.16. The summed E-state index contributed by atoms with van der Waals surface area (Å²) in [7, 11) is 0. The first-order valence-corrected chi connectivity index (χ1v) is 9.91. The lowest BCUT2D eigenvalue weighted by atomic mass is 10.1. The number of carbonyl (C=O) groups excluding carboxylic acids is 2. The normalized spacial score (nSPS) is 13.9. The summed E-state index contributed by atoms with van der Waals surface area (Å²) in [4.78, 5) is 36.9. The van der Waals surface area contributed by atoms with E-state index < -0.39 is 0 Å². The minimum absolute atomic E-state index is 0.210. The minimum Gasteiger partial charge on any atom is -0.450 e. The monoisotopic (exact) mass is 397 g/mol. The summed E-state index contributed by atoms with van der Waals surface area (Å²) in [6.45, 7) is 6.85. The van der Waals surface area contributed by atoms with Crippen LogP contribution in [-0.4, -0.2) is 66.2 Å². The Morgan fingerprint density at radius 1 is 1.10 bits per heavy atom. The molecule has 8 heteroatoms. The second-order valence-corrected chi connectivity index (χ2v) is 6.82. The molecule has 0 spiro atoms. The molecule has 2 amide bonds. The molecule has 1 saturated heterocycles. The van der Waals surface area contributed by atoms with Crippen molar-refractivity contribution >= 4 is 17.8 Å². The van der Waals surface area contributed by atoms with Crippen molar-refractivity contribution in [3.05, 3.63) is 53.5 Å². The molecule has 0 bridgehead atoms. The van der Waals surface area contributed by atoms with Gasteiger partial charge in [-0.05, 0) is 25.8 Å². The fourth-order valence-corrected chi connectivity index (χ4v) is 3.22. The summed E-state index contributed by atoms with van der Waals surface area (Å²) >= 11 is 0. The van der Waals surface area contributed by atoms with Crippen molar-refractivity contribution in [3.8, 4) is 0 Å². The molecule has 2 heterocycles. The lowest BCUT2D eigenvalue weighted by molar-refractivity contribution is 0.0948. The second kappa shape index (κ2) is 9.86. The molecule has 0 saturated carbocycles. The maximum atomic E-state index is 12.5. The fraction of sp³-hybridized carbons (Fsp3) is 0.429. The highest BCUT2D eigenvalue weighted by atomic mass is 16.6. The van der Waals surface area contributed by atoms with Gasteiger partial charge in [-0.2, -0.15) is 0 Å². The maximum absolute atomic E-state index is 12.5. The Morgan fingerprint density at radius 3 is 2.52 bits per heavy atom. The number of hydrogen-bond donors (Lipinski definition) is 1. The standard InChI is InChI=1S/C21H27N5O3/c1-3-29-21(28)26-13-11-25(12-14-26)19-15-18(23-16(2)24-19)20(27)22-10-9-17-7-5-4-6-8-17/h4-8,15H,3,9-14H2,1-2H3,(H,22,27). The van der Waals surface area contributed by atoms with Gasteiger partial charge in [0.1, 0.15) is 17.3 Å². The van der Waals surface area contributed by atoms with Crippen LogP contribution in [-0.2, 0) is 11.2 Å². The van der Waals surface area contributed by atoms with Crippen LogP contribution in [0.5, 0.6) is 0 Å². The first kappa shape index (κ1) is 20.6. The van der Waals surface area contributed by atoms with Gasteiger partial charge >= 0.3 is 6.09 Å². The summed E-state index contributed by atoms with van der Waals surface area (Å²) in [5.74, 6) is 1.04. The highest BCUT2D eigenvalue weighted by Gasteiger charge is 2.23. The molecule has 1 aliphatic heterocycles. The number of rotatable bonds is 6. The van der Waals surface area contributed by atoms with Crippen molar-refractivity contribution in [2.24, 2.45) is 0 Å². The van der Waals surface area contributed by atoms with E-state index in [1.54, 1.807) is 24.8 Å². The van der Waals surface area contributed by atoms with Gasteiger partial charge in [0.15, 0.2) is 0 Å². The Labute approximate surface area is 170 Å². The molecular formula is C21H27N5O3. The third-order valence-electron chi connectivity index (χ3n) is 4.73. The quantitative estimate of drug-likeness (QED) is 0.803. The van der Waals surface area contributed by atoms with Gasteiger partial charge in [0.05, 0.1) is 6.61 Å². The van der Waals surface area contributed by atoms with Crippen molar-refractivity contribution in [1.29, 1.82) is 0 Å². The number of carbonyl (C=O) groups is 2. The predicted octanol–water partition coefficient (Wildman–Crippen LogP) is 2.04. The number of aryl methyl sites for hydroxylation is 1. The van der Waals surface area contributed by atoms with Crippen LogP contribution in [0.2, 0.25) is 0 Å². The van der Waals surface area contributed by atoms with Gasteiger partial charge in [-0.25, -0.2) is 14.8 Å². The number of piperazine rings is 1. The van der Waals surface area contributed by atoms with Gasteiger partial charge < -0.3 is 19.9 Å². The van der Waals surface area contributed by atoms with Crippen LogP contribution in [0.4, 0.5) is 10.6 Å². The Morgan fingerprint density at radius 2 is 1.83 bits per heavy atom. The van der Waals surface area contributed by atoms with E-state index in [9.17, 15) is 9.59 Å². The molecule has 8 nitrogen and oxygen atoms in total. The molecule has 1 N–H and O–H groups in total. The van der Waals surface area contributed by atoms with Crippen molar-refractivity contribution in [3.63, 3.8) is 0 Å². The molecule has 3 rings (SSSR count). The third kappa shape index (κ3) is 5.66. The van der Waals surface area contributed by atoms with E-state index in [1.807, 2.05) is 30.3 Å². The van der Waals surface area contributed by atoms with Gasteiger partial charge in [0, 0.05) is 38.8 Å². The summed E-state index contributed by atoms with van der Waals surface area (Å²) in [6, 6.07) is 11.7. The van der Waals surface area contributed by atoms with Gasteiger partial charge in [-0.1, -0.05) is 30.3 Å². The molecule has 1 aromatic heterocycles. The van der Waals surface area contributed by atoms with Gasteiger partial charge in [-0.3, -0.25) is 4.79 Å². The van der Waals surface area contributed by atoms with Crippen LogP contribution in [0.25, 0.3) is 0 Å². The van der Waals surface area contributed by atoms with E-state index >= 15 is 0 Å². The predicted molar refractivity (Wildman–Crippen MR) is 110 cm³/mol. The number of amides is 2. The van der Waals surface area contributed by atoms with Gasteiger partial charge in [0.25, 0.3) is 5.91 Å². The van der Waals surface area contributed by atoms with Crippen LogP contribution < -0.4 is 10.2 Å². The Bertz CT molecular complexity index is 835. The average Bonchev–Trinajstić information content (AvgIpc) is 2.74. The zero-order valence-corrected chi connectivity index (χ0v) is 16.9. The van der Waals surface area contributed by atoms with Crippen molar-refractivity contribution in [1.82, 2.24) is 20.2 Å². The van der Waals surface area contributed by atoms with E-state index in [1.165, 1.54) is 5.56 Å². The minimum atomic E-state index is -0.287. The van der Waals surface area contributed by atoms with Crippen LogP contribution in [0.15, 0.2) is 36.4 Å². The molecule has 0 unspecified atom stereocenters. The fourth-order valence-electron chi connectivity index (χ4n) is 3.22. The molecule has 1 fully saturated rings. The van der Waals surface area contributed by atoms with E-state index in [0.717, 1.165) is 6.42 Å². The Kier molecular flexibility index (Phi) is 6.99. The van der Waals surface area contributed by atoms with Crippen molar-refractivity contribution in [2.45, 2.75) is 20.3 Å². The smallest absolute Gasteiger partial charge is 0.409 e. The lowest BCUT2D eigenvalue weighted by Crippen LogP contribution is -2.49. The van der Waals surface area contributed by atoms with Crippen LogP contribution in [0, 0.1) is 6.92 Å². The maximum Gasteiger partial charge on any atom is 0.409 e. The molecule has 29 heavy (non-hydrogen) atoms. The molecule has 0 atom stereocenters. The van der Waals surface area contributed by atoms with Crippen LogP contribution in [0.1, 0.15) is 28.8 Å². The number of nitrogens with one attached hydrogen (secondary N) is 1. The Hall–Kier alpha value is -3.16. The zero-order valence-electron chi connectivity index (χ0n) is 16.9. The Balaban J connectivity index is 1.58. The van der Waals surface area contributed by atoms with Gasteiger partial charge in [0.2, 0.25) is 0 Å². The van der Waals surface area contributed by atoms with Gasteiger partial charge in [-0.15, -0.1) is 0 Å². The molecule has 1 aliphatic rings. The number of hydrogen-bond acceptors (Lipinski definition) is 6. The lowest BCUT2D eigenvalue weighted by Gasteiger charge is -2.34. The molecule has 1 aromatic carbocycles. The summed E-state index contributed by atoms with van der Waals surface area (Å²) in [6.07, 6.45) is 0.476. The number of ether oxygens (including phenoxy) is 1. The van der Waals surface area contributed by atoms with E-state index in [4.69, 9.17) is 4.74 Å². The topological polar surface area (TPSA) is 87.7 Å². The molecule has 154 valence electrons. The molecular weight excluding hydrogens is 370 g/mol. The first-order valence-electron chi connectivity index (χ1n) is 9.91. The number of anilines is 1. The first-order chi connectivity index (χ1) is 14.1. The average molecular weight is 397 g/mol.